The van der Waals surface area contributed by atoms with E-state index < -0.39 is 17.6 Å². The zero-order valence-electron chi connectivity index (χ0n) is 15.5. The SMILES string of the molecule is O=C(N/N=C(\C=N\O)c1cccc(C(F)(F)F)c1)c1ccc(-c2ccccc2)cc1. The number of rotatable bonds is 5. The van der Waals surface area contributed by atoms with Crippen LogP contribution in [-0.2, 0) is 6.18 Å². The first-order valence-corrected chi connectivity index (χ1v) is 8.77. The van der Waals surface area contributed by atoms with Crippen LogP contribution in [0.5, 0.6) is 0 Å². The Morgan fingerprint density at radius 1 is 0.867 bits per heavy atom. The molecule has 0 spiro atoms. The van der Waals surface area contributed by atoms with Crippen LogP contribution in [0.15, 0.2) is 89.1 Å². The number of carbonyl (C=O) groups is 1. The molecule has 2 N–H and O–H groups in total. The molecule has 5 nitrogen and oxygen atoms in total. The van der Waals surface area contributed by atoms with Gasteiger partial charge in [0, 0.05) is 11.1 Å². The van der Waals surface area contributed by atoms with Gasteiger partial charge in [-0.15, -0.1) is 0 Å². The van der Waals surface area contributed by atoms with Crippen molar-refractivity contribution in [3.8, 4) is 11.1 Å². The topological polar surface area (TPSA) is 74.0 Å². The Balaban J connectivity index is 1.79. The fourth-order valence-corrected chi connectivity index (χ4v) is 2.70. The van der Waals surface area contributed by atoms with Gasteiger partial charge in [0.2, 0.25) is 0 Å². The maximum atomic E-state index is 12.9. The monoisotopic (exact) mass is 411 g/mol. The van der Waals surface area contributed by atoms with Gasteiger partial charge in [0.05, 0.1) is 11.8 Å². The Bertz CT molecular complexity index is 1080. The molecule has 0 aliphatic heterocycles. The number of amides is 1. The molecule has 3 aromatic carbocycles. The molecular formula is C22H16F3N3O2. The van der Waals surface area contributed by atoms with Crippen molar-refractivity contribution in [1.29, 1.82) is 0 Å². The van der Waals surface area contributed by atoms with Gasteiger partial charge in [0.1, 0.15) is 5.71 Å². The Labute approximate surface area is 170 Å². The number of hydrazone groups is 1. The van der Waals surface area contributed by atoms with E-state index in [1.54, 1.807) is 24.3 Å². The van der Waals surface area contributed by atoms with Crippen molar-refractivity contribution in [2.45, 2.75) is 6.18 Å². The lowest BCUT2D eigenvalue weighted by Gasteiger charge is -2.09. The summed E-state index contributed by atoms with van der Waals surface area (Å²) in [7, 11) is 0. The maximum Gasteiger partial charge on any atom is 0.416 e. The second-order valence-electron chi connectivity index (χ2n) is 6.20. The van der Waals surface area contributed by atoms with E-state index in [0.29, 0.717) is 5.56 Å². The quantitative estimate of drug-likeness (QED) is 0.354. The number of oxime groups is 1. The molecule has 30 heavy (non-hydrogen) atoms. The number of carbonyl (C=O) groups excluding carboxylic acids is 1. The highest BCUT2D eigenvalue weighted by molar-refractivity contribution is 6.38. The molecule has 0 unspecified atom stereocenters. The third-order valence-corrected chi connectivity index (χ3v) is 4.20. The van der Waals surface area contributed by atoms with E-state index >= 15 is 0 Å². The molecule has 0 radical (unpaired) electrons. The number of hydrogen-bond donors (Lipinski definition) is 2. The van der Waals surface area contributed by atoms with Crippen LogP contribution in [-0.4, -0.2) is 23.0 Å². The molecule has 1 amide bonds. The molecular weight excluding hydrogens is 395 g/mol. The molecule has 0 aliphatic carbocycles. The van der Waals surface area contributed by atoms with Crippen LogP contribution in [0.3, 0.4) is 0 Å². The molecule has 3 rings (SSSR count). The molecule has 0 bridgehead atoms. The van der Waals surface area contributed by atoms with Crippen molar-refractivity contribution in [2.24, 2.45) is 10.3 Å². The maximum absolute atomic E-state index is 12.9. The molecule has 0 saturated heterocycles. The zero-order valence-corrected chi connectivity index (χ0v) is 15.5. The van der Waals surface area contributed by atoms with Crippen LogP contribution < -0.4 is 5.43 Å². The Morgan fingerprint density at radius 3 is 2.17 bits per heavy atom. The second-order valence-corrected chi connectivity index (χ2v) is 6.20. The smallest absolute Gasteiger partial charge is 0.411 e. The predicted octanol–water partition coefficient (Wildman–Crippen LogP) is 4.97. The third-order valence-electron chi connectivity index (χ3n) is 4.20. The molecule has 0 saturated carbocycles. The largest absolute Gasteiger partial charge is 0.416 e. The molecule has 8 heteroatoms. The van der Waals surface area contributed by atoms with E-state index in [1.807, 2.05) is 30.3 Å². The number of alkyl halides is 3. The third kappa shape index (κ3) is 5.11. The number of benzene rings is 3. The van der Waals surface area contributed by atoms with Gasteiger partial charge in [0.25, 0.3) is 5.91 Å². The lowest BCUT2D eigenvalue weighted by molar-refractivity contribution is -0.137. The van der Waals surface area contributed by atoms with Crippen molar-refractivity contribution in [3.05, 3.63) is 95.6 Å². The van der Waals surface area contributed by atoms with Crippen LogP contribution in [0, 0.1) is 0 Å². The summed E-state index contributed by atoms with van der Waals surface area (Å²) in [5.41, 5.74) is 3.49. The molecule has 3 aromatic rings. The first kappa shape index (κ1) is 20.8. The van der Waals surface area contributed by atoms with E-state index in [1.165, 1.54) is 12.1 Å². The minimum absolute atomic E-state index is 0.0300. The molecule has 0 aromatic heterocycles. The first-order valence-electron chi connectivity index (χ1n) is 8.77. The fraction of sp³-hybridized carbons (Fsp3) is 0.0455. The Hall–Kier alpha value is -3.94. The summed E-state index contributed by atoms with van der Waals surface area (Å²) in [4.78, 5) is 12.4. The van der Waals surface area contributed by atoms with Gasteiger partial charge in [-0.05, 0) is 35.4 Å². The van der Waals surface area contributed by atoms with Crippen molar-refractivity contribution >= 4 is 17.8 Å². The van der Waals surface area contributed by atoms with Crippen molar-refractivity contribution in [1.82, 2.24) is 5.43 Å². The number of halogens is 3. The summed E-state index contributed by atoms with van der Waals surface area (Å²) in [5.74, 6) is -0.564. The van der Waals surface area contributed by atoms with Gasteiger partial charge < -0.3 is 5.21 Å². The minimum Gasteiger partial charge on any atom is -0.411 e. The Kier molecular flexibility index (Phi) is 6.26. The van der Waals surface area contributed by atoms with Crippen LogP contribution in [0.4, 0.5) is 13.2 Å². The number of hydrogen-bond acceptors (Lipinski definition) is 4. The minimum atomic E-state index is -4.54. The fourth-order valence-electron chi connectivity index (χ4n) is 2.70. The van der Waals surface area contributed by atoms with E-state index in [9.17, 15) is 18.0 Å². The van der Waals surface area contributed by atoms with Crippen LogP contribution >= 0.6 is 0 Å². The summed E-state index contributed by atoms with van der Waals surface area (Å²) in [5, 5.41) is 15.4. The van der Waals surface area contributed by atoms with Crippen molar-refractivity contribution in [2.75, 3.05) is 0 Å². The summed E-state index contributed by atoms with van der Waals surface area (Å²) in [6.45, 7) is 0. The van der Waals surface area contributed by atoms with E-state index in [4.69, 9.17) is 5.21 Å². The summed E-state index contributed by atoms with van der Waals surface area (Å²) >= 11 is 0. The van der Waals surface area contributed by atoms with Gasteiger partial charge in [0.15, 0.2) is 0 Å². The van der Waals surface area contributed by atoms with Gasteiger partial charge in [-0.2, -0.15) is 18.3 Å². The lowest BCUT2D eigenvalue weighted by atomic mass is 10.0. The number of nitrogens with zero attached hydrogens (tertiary/aromatic N) is 2. The second kappa shape index (κ2) is 9.04. The summed E-state index contributed by atoms with van der Waals surface area (Å²) in [6.07, 6.45) is -3.70. The highest BCUT2D eigenvalue weighted by Gasteiger charge is 2.30. The van der Waals surface area contributed by atoms with Gasteiger partial charge in [-0.3, -0.25) is 4.79 Å². The highest BCUT2D eigenvalue weighted by atomic mass is 19.4. The number of nitrogens with one attached hydrogen (secondary N) is 1. The normalized spacial score (nSPS) is 12.2. The van der Waals surface area contributed by atoms with Gasteiger partial charge in [-0.1, -0.05) is 59.8 Å². The molecule has 0 heterocycles. The van der Waals surface area contributed by atoms with E-state index in [-0.39, 0.29) is 11.3 Å². The molecule has 0 aliphatic rings. The average Bonchev–Trinajstić information content (AvgIpc) is 2.76. The van der Waals surface area contributed by atoms with Crippen molar-refractivity contribution in [3.63, 3.8) is 0 Å². The van der Waals surface area contributed by atoms with Crippen molar-refractivity contribution < 1.29 is 23.2 Å². The molecule has 152 valence electrons. The zero-order chi connectivity index (χ0) is 21.6. The lowest BCUT2D eigenvalue weighted by Crippen LogP contribution is -2.21. The standard InChI is InChI=1S/C22H16F3N3O2/c23-22(24,25)19-8-4-7-18(13-19)20(14-26-30)27-28-21(29)17-11-9-16(10-12-17)15-5-2-1-3-6-15/h1-14,30H,(H,28,29)/b26-14+,27-20+. The van der Waals surface area contributed by atoms with Gasteiger partial charge in [-0.25, -0.2) is 5.43 Å². The molecule has 0 fully saturated rings. The van der Waals surface area contributed by atoms with E-state index in [2.05, 4.69) is 15.7 Å². The van der Waals surface area contributed by atoms with Gasteiger partial charge >= 0.3 is 6.18 Å². The first-order chi connectivity index (χ1) is 14.4. The predicted molar refractivity (Wildman–Crippen MR) is 108 cm³/mol. The van der Waals surface area contributed by atoms with Crippen LogP contribution in [0.2, 0.25) is 0 Å². The average molecular weight is 411 g/mol. The Morgan fingerprint density at radius 2 is 1.53 bits per heavy atom. The van der Waals surface area contributed by atoms with E-state index in [0.717, 1.165) is 29.5 Å². The molecule has 0 atom stereocenters. The summed E-state index contributed by atoms with van der Waals surface area (Å²) in [6, 6.07) is 20.7. The van der Waals surface area contributed by atoms with Crippen LogP contribution in [0.1, 0.15) is 21.5 Å². The summed E-state index contributed by atoms with van der Waals surface area (Å²) < 4.78 is 38.7. The highest BCUT2D eigenvalue weighted by Crippen LogP contribution is 2.29. The van der Waals surface area contributed by atoms with Crippen LogP contribution in [0.25, 0.3) is 11.1 Å².